The summed E-state index contributed by atoms with van der Waals surface area (Å²) in [6, 6.07) is 13.2. The van der Waals surface area contributed by atoms with Crippen molar-refractivity contribution >= 4 is 15.9 Å². The van der Waals surface area contributed by atoms with Gasteiger partial charge >= 0.3 is 0 Å². The zero-order valence-electron chi connectivity index (χ0n) is 12.3. The molecule has 4 atom stereocenters. The standard InChI is InChI=1S/C19H20BrN/c1-12-5-4-10-21-17(12)11-16(20)19-15-9-8-13-6-2-3-7-14(13)18(15)19/h2-7,10,15-16,18-19H,8-9,11H2,1H3. The number of nitrogens with zero attached hydrogens (tertiary/aromatic N) is 1. The van der Waals surface area contributed by atoms with Crippen LogP contribution in [0, 0.1) is 18.8 Å². The van der Waals surface area contributed by atoms with Crippen LogP contribution in [0.4, 0.5) is 0 Å². The molecule has 4 unspecified atom stereocenters. The van der Waals surface area contributed by atoms with Crippen LogP contribution in [-0.2, 0) is 12.8 Å². The average Bonchev–Trinajstić information content (AvgIpc) is 3.24. The van der Waals surface area contributed by atoms with Crippen molar-refractivity contribution in [3.8, 4) is 0 Å². The molecule has 108 valence electrons. The normalized spacial score (nSPS) is 27.6. The molecule has 1 fully saturated rings. The molecular weight excluding hydrogens is 322 g/mol. The Balaban J connectivity index is 1.53. The Hall–Kier alpha value is -1.15. The molecule has 0 saturated heterocycles. The van der Waals surface area contributed by atoms with Crippen LogP contribution in [0.15, 0.2) is 42.6 Å². The van der Waals surface area contributed by atoms with Crippen molar-refractivity contribution in [3.63, 3.8) is 0 Å². The van der Waals surface area contributed by atoms with Crippen LogP contribution in [-0.4, -0.2) is 9.81 Å². The van der Waals surface area contributed by atoms with Gasteiger partial charge < -0.3 is 0 Å². The Bertz CT molecular complexity index is 666. The van der Waals surface area contributed by atoms with Gasteiger partial charge in [-0.1, -0.05) is 46.3 Å². The van der Waals surface area contributed by atoms with Crippen molar-refractivity contribution in [2.75, 3.05) is 0 Å². The topological polar surface area (TPSA) is 12.9 Å². The Morgan fingerprint density at radius 3 is 2.95 bits per heavy atom. The van der Waals surface area contributed by atoms with Gasteiger partial charge in [-0.2, -0.15) is 0 Å². The van der Waals surface area contributed by atoms with Crippen LogP contribution in [0.5, 0.6) is 0 Å². The molecule has 1 nitrogen and oxygen atoms in total. The van der Waals surface area contributed by atoms with E-state index >= 15 is 0 Å². The average molecular weight is 342 g/mol. The number of halogens is 1. The molecule has 0 aliphatic heterocycles. The van der Waals surface area contributed by atoms with Gasteiger partial charge in [0.1, 0.15) is 0 Å². The molecule has 2 heteroatoms. The highest BCUT2D eigenvalue weighted by Gasteiger charge is 2.55. The van der Waals surface area contributed by atoms with Gasteiger partial charge in [0.05, 0.1) is 0 Å². The number of pyridine rings is 1. The van der Waals surface area contributed by atoms with E-state index in [2.05, 4.69) is 58.2 Å². The van der Waals surface area contributed by atoms with Crippen molar-refractivity contribution < 1.29 is 0 Å². The third-order valence-corrected chi connectivity index (χ3v) is 6.25. The van der Waals surface area contributed by atoms with Gasteiger partial charge in [0.15, 0.2) is 0 Å². The number of hydrogen-bond donors (Lipinski definition) is 0. The second-order valence-corrected chi connectivity index (χ2v) is 7.67. The molecule has 0 amide bonds. The number of hydrogen-bond acceptors (Lipinski definition) is 1. The maximum atomic E-state index is 4.56. The lowest BCUT2D eigenvalue weighted by molar-refractivity contribution is 0.614. The van der Waals surface area contributed by atoms with Gasteiger partial charge in [-0.15, -0.1) is 0 Å². The third kappa shape index (κ3) is 2.34. The number of aromatic nitrogens is 1. The van der Waals surface area contributed by atoms with E-state index in [1.807, 2.05) is 12.3 Å². The molecule has 2 aliphatic carbocycles. The zero-order valence-corrected chi connectivity index (χ0v) is 13.9. The Morgan fingerprint density at radius 1 is 1.24 bits per heavy atom. The SMILES string of the molecule is Cc1cccnc1CC(Br)C1C2CCc3ccccc3C21. The third-order valence-electron chi connectivity index (χ3n) is 5.31. The molecule has 1 heterocycles. The van der Waals surface area contributed by atoms with Gasteiger partial charge in [-0.05, 0) is 60.3 Å². The minimum absolute atomic E-state index is 0.548. The predicted molar refractivity (Wildman–Crippen MR) is 89.9 cm³/mol. The number of fused-ring (bicyclic) bond motifs is 3. The highest BCUT2D eigenvalue weighted by atomic mass is 79.9. The summed E-state index contributed by atoms with van der Waals surface area (Å²) in [7, 11) is 0. The van der Waals surface area contributed by atoms with E-state index in [4.69, 9.17) is 0 Å². The van der Waals surface area contributed by atoms with Gasteiger partial charge in [-0.3, -0.25) is 4.98 Å². The van der Waals surface area contributed by atoms with Crippen molar-refractivity contribution in [2.45, 2.75) is 36.9 Å². The van der Waals surface area contributed by atoms with Crippen molar-refractivity contribution in [1.82, 2.24) is 4.98 Å². The maximum Gasteiger partial charge on any atom is 0.0443 e. The lowest BCUT2D eigenvalue weighted by atomic mass is 9.92. The number of benzene rings is 1. The summed E-state index contributed by atoms with van der Waals surface area (Å²) >= 11 is 3.98. The lowest BCUT2D eigenvalue weighted by Crippen LogP contribution is -2.10. The van der Waals surface area contributed by atoms with Crippen molar-refractivity contribution in [3.05, 3.63) is 65.0 Å². The zero-order chi connectivity index (χ0) is 14.4. The molecule has 2 aliphatic rings. The molecule has 4 rings (SSSR count). The summed E-state index contributed by atoms with van der Waals surface area (Å²) in [5, 5.41) is 0. The van der Waals surface area contributed by atoms with E-state index in [-0.39, 0.29) is 0 Å². The van der Waals surface area contributed by atoms with E-state index in [9.17, 15) is 0 Å². The largest absolute Gasteiger partial charge is 0.261 e. The second kappa shape index (κ2) is 5.24. The predicted octanol–water partition coefficient (Wildman–Crippen LogP) is 4.67. The summed E-state index contributed by atoms with van der Waals surface area (Å²) in [5.41, 5.74) is 5.75. The van der Waals surface area contributed by atoms with Crippen LogP contribution in [0.3, 0.4) is 0 Å². The number of rotatable bonds is 3. The molecule has 1 aromatic carbocycles. The van der Waals surface area contributed by atoms with Gasteiger partial charge in [0.25, 0.3) is 0 Å². The highest BCUT2D eigenvalue weighted by molar-refractivity contribution is 9.09. The van der Waals surface area contributed by atoms with Gasteiger partial charge in [0, 0.05) is 23.1 Å². The summed E-state index contributed by atoms with van der Waals surface area (Å²) < 4.78 is 0. The Kier molecular flexibility index (Phi) is 3.37. The molecular formula is C19H20BrN. The first kappa shape index (κ1) is 13.5. The highest BCUT2D eigenvalue weighted by Crippen LogP contribution is 2.62. The molecule has 1 saturated carbocycles. The van der Waals surface area contributed by atoms with E-state index in [0.717, 1.165) is 24.2 Å². The fraction of sp³-hybridized carbons (Fsp3) is 0.421. The van der Waals surface area contributed by atoms with Crippen LogP contribution >= 0.6 is 15.9 Å². The van der Waals surface area contributed by atoms with Gasteiger partial charge in [0.2, 0.25) is 0 Å². The van der Waals surface area contributed by atoms with Crippen LogP contribution in [0.25, 0.3) is 0 Å². The van der Waals surface area contributed by atoms with Crippen LogP contribution in [0.2, 0.25) is 0 Å². The minimum atomic E-state index is 0.548. The second-order valence-electron chi connectivity index (χ2n) is 6.49. The molecule has 0 N–H and O–H groups in total. The minimum Gasteiger partial charge on any atom is -0.261 e. The summed E-state index contributed by atoms with van der Waals surface area (Å²) in [5.74, 6) is 2.45. The van der Waals surface area contributed by atoms with Crippen molar-refractivity contribution in [1.29, 1.82) is 0 Å². The molecule has 0 radical (unpaired) electrons. The Morgan fingerprint density at radius 2 is 2.10 bits per heavy atom. The first-order chi connectivity index (χ1) is 10.3. The van der Waals surface area contributed by atoms with Crippen molar-refractivity contribution in [2.24, 2.45) is 11.8 Å². The Labute approximate surface area is 134 Å². The summed E-state index contributed by atoms with van der Waals surface area (Å²) in [6.45, 7) is 2.16. The lowest BCUT2D eigenvalue weighted by Gasteiger charge is -2.13. The molecule has 0 bridgehead atoms. The van der Waals surface area contributed by atoms with E-state index in [0.29, 0.717) is 4.83 Å². The maximum absolute atomic E-state index is 4.56. The quantitative estimate of drug-likeness (QED) is 0.739. The van der Waals surface area contributed by atoms with Gasteiger partial charge in [-0.25, -0.2) is 0 Å². The summed E-state index contributed by atoms with van der Waals surface area (Å²) in [6.07, 6.45) is 5.58. The molecule has 1 aromatic heterocycles. The molecule has 0 spiro atoms. The molecule has 21 heavy (non-hydrogen) atoms. The first-order valence-electron chi connectivity index (χ1n) is 7.88. The monoisotopic (exact) mass is 341 g/mol. The van der Waals surface area contributed by atoms with Crippen LogP contribution in [0.1, 0.15) is 34.7 Å². The van der Waals surface area contributed by atoms with E-state index in [1.54, 1.807) is 11.1 Å². The smallest absolute Gasteiger partial charge is 0.0443 e. The summed E-state index contributed by atoms with van der Waals surface area (Å²) in [4.78, 5) is 5.11. The number of aryl methyl sites for hydroxylation is 2. The van der Waals surface area contributed by atoms with E-state index in [1.165, 1.54) is 24.1 Å². The van der Waals surface area contributed by atoms with Crippen LogP contribution < -0.4 is 0 Å². The number of alkyl halides is 1. The fourth-order valence-corrected chi connectivity index (χ4v) is 5.19. The van der Waals surface area contributed by atoms with E-state index < -0.39 is 0 Å². The fourth-order valence-electron chi connectivity index (χ4n) is 4.17. The molecule has 2 aromatic rings. The first-order valence-corrected chi connectivity index (χ1v) is 8.79.